The Morgan fingerprint density at radius 2 is 1.83 bits per heavy atom. The topological polar surface area (TPSA) is 50.4 Å². The van der Waals surface area contributed by atoms with Crippen LogP contribution in [0, 0.1) is 6.92 Å². The number of amides is 1. The Hall–Kier alpha value is -2.70. The first-order valence-electron chi connectivity index (χ1n) is 9.16. The van der Waals surface area contributed by atoms with E-state index in [0.717, 1.165) is 27.9 Å². The fraction of sp³-hybridized carbons (Fsp3) is 0.130. The Morgan fingerprint density at radius 3 is 2.59 bits per heavy atom. The second-order valence-electron chi connectivity index (χ2n) is 6.48. The molecule has 0 fully saturated rings. The number of anilines is 1. The summed E-state index contributed by atoms with van der Waals surface area (Å²) in [5.74, 6) is 0.473. The first-order valence-corrected chi connectivity index (χ1v) is 10.4. The Morgan fingerprint density at radius 1 is 1.03 bits per heavy atom. The summed E-state index contributed by atoms with van der Waals surface area (Å²) in [5, 5.41) is 5.95. The highest BCUT2D eigenvalue weighted by atomic mass is 79.9. The van der Waals surface area contributed by atoms with Crippen molar-refractivity contribution in [2.45, 2.75) is 13.3 Å². The van der Waals surface area contributed by atoms with Crippen molar-refractivity contribution in [1.82, 2.24) is 5.32 Å². The SMILES string of the molecule is Cc1ccc(C(=O)NC(=S)Nc2cccc(OCCc3ccccc3)c2)cc1Br. The molecular formula is C23H21BrN2O2S. The summed E-state index contributed by atoms with van der Waals surface area (Å²) in [6.07, 6.45) is 0.832. The van der Waals surface area contributed by atoms with Crippen LogP contribution in [0.5, 0.6) is 5.75 Å². The molecule has 3 aromatic carbocycles. The third kappa shape index (κ3) is 6.41. The fourth-order valence-electron chi connectivity index (χ4n) is 2.67. The molecule has 0 bridgehead atoms. The molecule has 0 aliphatic rings. The molecule has 6 heteroatoms. The molecule has 0 heterocycles. The smallest absolute Gasteiger partial charge is 0.257 e. The Kier molecular flexibility index (Phi) is 7.38. The van der Waals surface area contributed by atoms with E-state index in [0.29, 0.717) is 12.2 Å². The minimum atomic E-state index is -0.265. The van der Waals surface area contributed by atoms with Gasteiger partial charge in [-0.25, -0.2) is 0 Å². The van der Waals surface area contributed by atoms with Gasteiger partial charge in [0.25, 0.3) is 5.91 Å². The zero-order valence-electron chi connectivity index (χ0n) is 15.9. The van der Waals surface area contributed by atoms with Crippen molar-refractivity contribution in [3.05, 3.63) is 94.0 Å². The summed E-state index contributed by atoms with van der Waals surface area (Å²) in [4.78, 5) is 12.4. The molecule has 3 aromatic rings. The van der Waals surface area contributed by atoms with Crippen molar-refractivity contribution >= 4 is 44.9 Å². The van der Waals surface area contributed by atoms with Gasteiger partial charge in [-0.3, -0.25) is 10.1 Å². The maximum atomic E-state index is 12.4. The van der Waals surface area contributed by atoms with Crippen molar-refractivity contribution in [2.75, 3.05) is 11.9 Å². The minimum absolute atomic E-state index is 0.230. The van der Waals surface area contributed by atoms with Gasteiger partial charge >= 0.3 is 0 Å². The number of rotatable bonds is 6. The highest BCUT2D eigenvalue weighted by Crippen LogP contribution is 2.19. The Balaban J connectivity index is 1.53. The van der Waals surface area contributed by atoms with E-state index < -0.39 is 0 Å². The predicted octanol–water partition coefficient (Wildman–Crippen LogP) is 5.51. The van der Waals surface area contributed by atoms with Crippen molar-refractivity contribution in [3.8, 4) is 5.75 Å². The van der Waals surface area contributed by atoms with Gasteiger partial charge in [-0.15, -0.1) is 0 Å². The molecule has 0 spiro atoms. The Bertz CT molecular complexity index is 1010. The van der Waals surface area contributed by atoms with E-state index in [-0.39, 0.29) is 11.0 Å². The summed E-state index contributed by atoms with van der Waals surface area (Å²) < 4.78 is 6.71. The monoisotopic (exact) mass is 468 g/mol. The van der Waals surface area contributed by atoms with E-state index in [1.54, 1.807) is 12.1 Å². The lowest BCUT2D eigenvalue weighted by Crippen LogP contribution is -2.34. The van der Waals surface area contributed by atoms with Crippen LogP contribution >= 0.6 is 28.1 Å². The van der Waals surface area contributed by atoms with Gasteiger partial charge in [0.2, 0.25) is 0 Å². The van der Waals surface area contributed by atoms with E-state index >= 15 is 0 Å². The van der Waals surface area contributed by atoms with Gasteiger partial charge < -0.3 is 10.1 Å². The molecule has 3 rings (SSSR count). The Labute approximate surface area is 184 Å². The van der Waals surface area contributed by atoms with Crippen LogP contribution in [0.1, 0.15) is 21.5 Å². The van der Waals surface area contributed by atoms with E-state index in [1.807, 2.05) is 55.5 Å². The standard InChI is InChI=1S/C23H21BrN2O2S/c1-16-10-11-18(14-21(16)24)22(27)26-23(29)25-19-8-5-9-20(15-19)28-13-12-17-6-3-2-4-7-17/h2-11,14-15H,12-13H2,1H3,(H2,25,26,27,29). The maximum absolute atomic E-state index is 12.4. The number of hydrogen-bond acceptors (Lipinski definition) is 3. The zero-order chi connectivity index (χ0) is 20.6. The molecular weight excluding hydrogens is 448 g/mol. The summed E-state index contributed by atoms with van der Waals surface area (Å²) in [7, 11) is 0. The minimum Gasteiger partial charge on any atom is -0.493 e. The van der Waals surface area contributed by atoms with Crippen LogP contribution in [0.15, 0.2) is 77.3 Å². The van der Waals surface area contributed by atoms with Gasteiger partial charge in [0.1, 0.15) is 5.75 Å². The molecule has 1 amide bonds. The van der Waals surface area contributed by atoms with Crippen molar-refractivity contribution in [3.63, 3.8) is 0 Å². The van der Waals surface area contributed by atoms with Gasteiger partial charge in [0, 0.05) is 28.2 Å². The van der Waals surface area contributed by atoms with Gasteiger partial charge in [-0.2, -0.15) is 0 Å². The van der Waals surface area contributed by atoms with Gasteiger partial charge in [0.15, 0.2) is 5.11 Å². The second-order valence-corrected chi connectivity index (χ2v) is 7.75. The number of nitrogens with one attached hydrogen (secondary N) is 2. The number of aryl methyl sites for hydroxylation is 1. The van der Waals surface area contributed by atoms with Crippen LogP contribution in [0.2, 0.25) is 0 Å². The molecule has 29 heavy (non-hydrogen) atoms. The fourth-order valence-corrected chi connectivity index (χ4v) is 3.26. The summed E-state index contributed by atoms with van der Waals surface area (Å²) in [5.41, 5.74) is 3.57. The highest BCUT2D eigenvalue weighted by Gasteiger charge is 2.09. The summed E-state index contributed by atoms with van der Waals surface area (Å²) >= 11 is 8.71. The number of thiocarbonyl (C=S) groups is 1. The largest absolute Gasteiger partial charge is 0.493 e. The molecule has 0 unspecified atom stereocenters. The lowest BCUT2D eigenvalue weighted by Gasteiger charge is -2.12. The van der Waals surface area contributed by atoms with Crippen LogP contribution in [-0.4, -0.2) is 17.6 Å². The van der Waals surface area contributed by atoms with E-state index in [2.05, 4.69) is 38.7 Å². The van der Waals surface area contributed by atoms with E-state index in [9.17, 15) is 4.79 Å². The van der Waals surface area contributed by atoms with Gasteiger partial charge in [0.05, 0.1) is 6.61 Å². The zero-order valence-corrected chi connectivity index (χ0v) is 18.3. The van der Waals surface area contributed by atoms with Crippen LogP contribution < -0.4 is 15.4 Å². The number of carbonyl (C=O) groups excluding carboxylic acids is 1. The number of hydrogen-bond donors (Lipinski definition) is 2. The molecule has 148 valence electrons. The third-order valence-corrected chi connectivity index (χ3v) is 5.31. The molecule has 2 N–H and O–H groups in total. The highest BCUT2D eigenvalue weighted by molar-refractivity contribution is 9.10. The van der Waals surface area contributed by atoms with E-state index in [1.165, 1.54) is 5.56 Å². The quantitative estimate of drug-likeness (QED) is 0.468. The number of ether oxygens (including phenoxy) is 1. The molecule has 0 atom stereocenters. The van der Waals surface area contributed by atoms with Gasteiger partial charge in [-0.05, 0) is 54.5 Å². The van der Waals surface area contributed by atoms with Crippen LogP contribution in [-0.2, 0) is 6.42 Å². The average molecular weight is 469 g/mol. The van der Waals surface area contributed by atoms with Crippen molar-refractivity contribution in [2.24, 2.45) is 0 Å². The maximum Gasteiger partial charge on any atom is 0.257 e. The lowest BCUT2D eigenvalue weighted by atomic mass is 10.1. The summed E-state index contributed by atoms with van der Waals surface area (Å²) in [6, 6.07) is 23.1. The lowest BCUT2D eigenvalue weighted by molar-refractivity contribution is 0.0977. The number of halogens is 1. The third-order valence-electron chi connectivity index (χ3n) is 4.26. The molecule has 0 aliphatic heterocycles. The first kappa shape index (κ1) is 21.0. The van der Waals surface area contributed by atoms with Crippen LogP contribution in [0.25, 0.3) is 0 Å². The van der Waals surface area contributed by atoms with Crippen molar-refractivity contribution < 1.29 is 9.53 Å². The van der Waals surface area contributed by atoms with Crippen LogP contribution in [0.4, 0.5) is 5.69 Å². The summed E-state index contributed by atoms with van der Waals surface area (Å²) in [6.45, 7) is 2.55. The van der Waals surface area contributed by atoms with Crippen molar-refractivity contribution in [1.29, 1.82) is 0 Å². The van der Waals surface area contributed by atoms with Crippen LogP contribution in [0.3, 0.4) is 0 Å². The second kappa shape index (κ2) is 10.2. The number of carbonyl (C=O) groups is 1. The molecule has 0 aromatic heterocycles. The van der Waals surface area contributed by atoms with Gasteiger partial charge in [-0.1, -0.05) is 58.4 Å². The van der Waals surface area contributed by atoms with E-state index in [4.69, 9.17) is 17.0 Å². The molecule has 0 saturated heterocycles. The molecule has 4 nitrogen and oxygen atoms in total. The molecule has 0 saturated carbocycles. The average Bonchev–Trinajstić information content (AvgIpc) is 2.71. The predicted molar refractivity (Wildman–Crippen MR) is 125 cm³/mol. The molecule has 0 radical (unpaired) electrons. The number of benzene rings is 3. The molecule has 0 aliphatic carbocycles. The normalized spacial score (nSPS) is 10.3. The first-order chi connectivity index (χ1) is 14.0.